The summed E-state index contributed by atoms with van der Waals surface area (Å²) in [5.74, 6) is 0. The molecule has 1 atom stereocenters. The maximum Gasteiger partial charge on any atom is 0.274 e. The third-order valence-electron chi connectivity index (χ3n) is 1.03. The van der Waals surface area contributed by atoms with Crippen LogP contribution in [0.5, 0.6) is 0 Å². The Morgan fingerprint density at radius 1 is 1.67 bits per heavy atom. The van der Waals surface area contributed by atoms with E-state index in [1.807, 2.05) is 0 Å². The van der Waals surface area contributed by atoms with Gasteiger partial charge in [0.1, 0.15) is 11.9 Å². The number of rotatable bonds is 1. The second-order valence-electron chi connectivity index (χ2n) is 1.72. The first kappa shape index (κ1) is 6.57. The molecule has 1 heterocycles. The molecule has 1 rings (SSSR count). The summed E-state index contributed by atoms with van der Waals surface area (Å²) in [6.45, 7) is 0.0266. The first-order chi connectivity index (χ1) is 4.11. The van der Waals surface area contributed by atoms with E-state index in [4.69, 9.17) is 4.55 Å². The quantitative estimate of drug-likeness (QED) is 0.525. The zero-order valence-corrected chi connectivity index (χ0v) is 5.34. The molecule has 0 aromatic rings. The summed E-state index contributed by atoms with van der Waals surface area (Å²) in [5, 5.41) is -0.863. The molecule has 0 saturated carbocycles. The molecule has 0 amide bonds. The molecule has 0 aliphatic carbocycles. The van der Waals surface area contributed by atoms with Gasteiger partial charge < -0.3 is 4.74 Å². The highest BCUT2D eigenvalue weighted by molar-refractivity contribution is 7.86. The van der Waals surface area contributed by atoms with Gasteiger partial charge in [0.05, 0.1) is 6.26 Å². The molecule has 0 bridgehead atoms. The molecule has 1 N–H and O–H groups in total. The first-order valence-electron chi connectivity index (χ1n) is 2.35. The van der Waals surface area contributed by atoms with Crippen molar-refractivity contribution >= 4 is 10.1 Å². The maximum absolute atomic E-state index is 10.3. The molecule has 9 heavy (non-hydrogen) atoms. The van der Waals surface area contributed by atoms with E-state index in [2.05, 4.69) is 4.74 Å². The van der Waals surface area contributed by atoms with Gasteiger partial charge in [-0.05, 0) is 6.08 Å². The highest BCUT2D eigenvalue weighted by Crippen LogP contribution is 2.07. The Kier molecular flexibility index (Phi) is 1.46. The summed E-state index contributed by atoms with van der Waals surface area (Å²) in [4.78, 5) is 0. The van der Waals surface area contributed by atoms with Crippen LogP contribution in [-0.4, -0.2) is 24.8 Å². The lowest BCUT2D eigenvalue weighted by Gasteiger charge is -1.98. The standard InChI is InChI=1S/C4H6O4S/c5-9(6,7)4-1-2-8-3-4/h1-2,4H,3H2,(H,5,6,7). The van der Waals surface area contributed by atoms with Crippen molar-refractivity contribution in [3.8, 4) is 0 Å². The number of hydrogen-bond acceptors (Lipinski definition) is 3. The maximum atomic E-state index is 10.3. The van der Waals surface area contributed by atoms with E-state index in [-0.39, 0.29) is 6.61 Å². The molecule has 1 aliphatic rings. The predicted octanol–water partition coefficient (Wildman–Crippen LogP) is -0.213. The Bertz CT molecular complexity index is 215. The van der Waals surface area contributed by atoms with E-state index in [1.54, 1.807) is 0 Å². The molecule has 1 unspecified atom stereocenters. The molecule has 5 heteroatoms. The van der Waals surface area contributed by atoms with Crippen LogP contribution in [0.15, 0.2) is 12.3 Å². The lowest BCUT2D eigenvalue weighted by Crippen LogP contribution is -2.19. The van der Waals surface area contributed by atoms with Gasteiger partial charge in [-0.3, -0.25) is 4.55 Å². The van der Waals surface area contributed by atoms with Gasteiger partial charge >= 0.3 is 0 Å². The molecule has 0 saturated heterocycles. The number of ether oxygens (including phenoxy) is 1. The van der Waals surface area contributed by atoms with Crippen molar-refractivity contribution in [2.45, 2.75) is 5.25 Å². The molecule has 0 radical (unpaired) electrons. The van der Waals surface area contributed by atoms with Crippen molar-refractivity contribution in [1.82, 2.24) is 0 Å². The van der Waals surface area contributed by atoms with Crippen LogP contribution in [0, 0.1) is 0 Å². The third kappa shape index (κ3) is 1.43. The van der Waals surface area contributed by atoms with Gasteiger partial charge in [-0.25, -0.2) is 0 Å². The topological polar surface area (TPSA) is 63.6 Å². The van der Waals surface area contributed by atoms with Gasteiger partial charge in [0.2, 0.25) is 0 Å². The average molecular weight is 150 g/mol. The van der Waals surface area contributed by atoms with Gasteiger partial charge in [-0.2, -0.15) is 8.42 Å². The minimum atomic E-state index is -3.91. The van der Waals surface area contributed by atoms with Crippen molar-refractivity contribution in [2.75, 3.05) is 6.61 Å². The van der Waals surface area contributed by atoms with E-state index >= 15 is 0 Å². The van der Waals surface area contributed by atoms with Crippen molar-refractivity contribution < 1.29 is 17.7 Å². The van der Waals surface area contributed by atoms with Crippen LogP contribution in [0.1, 0.15) is 0 Å². The summed E-state index contributed by atoms with van der Waals surface area (Å²) in [7, 11) is -3.91. The summed E-state index contributed by atoms with van der Waals surface area (Å²) < 4.78 is 33.4. The Balaban J connectivity index is 2.76. The van der Waals surface area contributed by atoms with Gasteiger partial charge in [-0.1, -0.05) is 0 Å². The van der Waals surface area contributed by atoms with Crippen LogP contribution >= 0.6 is 0 Å². The summed E-state index contributed by atoms with van der Waals surface area (Å²) in [6.07, 6.45) is 2.56. The Labute approximate surface area is 52.9 Å². The van der Waals surface area contributed by atoms with Crippen LogP contribution in [-0.2, 0) is 14.9 Å². The van der Waals surface area contributed by atoms with E-state index in [9.17, 15) is 8.42 Å². The number of hydrogen-bond donors (Lipinski definition) is 1. The van der Waals surface area contributed by atoms with Gasteiger partial charge in [0.15, 0.2) is 0 Å². The summed E-state index contributed by atoms with van der Waals surface area (Å²) in [5.41, 5.74) is 0. The zero-order chi connectivity index (χ0) is 6.91. The van der Waals surface area contributed by atoms with Crippen LogP contribution < -0.4 is 0 Å². The zero-order valence-electron chi connectivity index (χ0n) is 4.52. The normalized spacial score (nSPS) is 26.1. The van der Waals surface area contributed by atoms with Crippen LogP contribution in [0.25, 0.3) is 0 Å². The van der Waals surface area contributed by atoms with Crippen molar-refractivity contribution in [3.05, 3.63) is 12.3 Å². The Hall–Kier alpha value is -0.550. The Morgan fingerprint density at radius 2 is 2.33 bits per heavy atom. The molecule has 0 aromatic carbocycles. The summed E-state index contributed by atoms with van der Waals surface area (Å²) in [6, 6.07) is 0. The molecule has 52 valence electrons. The molecule has 0 aromatic heterocycles. The molecular weight excluding hydrogens is 144 g/mol. The third-order valence-corrected chi connectivity index (χ3v) is 2.09. The first-order valence-corrected chi connectivity index (χ1v) is 3.85. The van der Waals surface area contributed by atoms with Gasteiger partial charge in [-0.15, -0.1) is 0 Å². The lowest BCUT2D eigenvalue weighted by molar-refractivity contribution is 0.279. The SMILES string of the molecule is O=S(=O)(O)C1C=COC1. The van der Waals surface area contributed by atoms with E-state index in [1.165, 1.54) is 12.3 Å². The molecule has 4 nitrogen and oxygen atoms in total. The van der Waals surface area contributed by atoms with Crippen molar-refractivity contribution in [3.63, 3.8) is 0 Å². The second-order valence-corrected chi connectivity index (χ2v) is 3.35. The van der Waals surface area contributed by atoms with Crippen LogP contribution in [0.4, 0.5) is 0 Å². The second kappa shape index (κ2) is 2.00. The highest BCUT2D eigenvalue weighted by Gasteiger charge is 2.23. The minimum Gasteiger partial charge on any atom is -0.500 e. The van der Waals surface area contributed by atoms with Crippen molar-refractivity contribution in [1.29, 1.82) is 0 Å². The highest BCUT2D eigenvalue weighted by atomic mass is 32.2. The fourth-order valence-corrected chi connectivity index (χ4v) is 1.05. The smallest absolute Gasteiger partial charge is 0.274 e. The van der Waals surface area contributed by atoms with E-state index < -0.39 is 15.4 Å². The van der Waals surface area contributed by atoms with E-state index in [0.29, 0.717) is 0 Å². The van der Waals surface area contributed by atoms with Gasteiger partial charge in [0, 0.05) is 0 Å². The Morgan fingerprint density at radius 3 is 2.56 bits per heavy atom. The predicted molar refractivity (Wildman–Crippen MR) is 30.4 cm³/mol. The van der Waals surface area contributed by atoms with Crippen LogP contribution in [0.2, 0.25) is 0 Å². The monoisotopic (exact) mass is 150 g/mol. The summed E-state index contributed by atoms with van der Waals surface area (Å²) >= 11 is 0. The minimum absolute atomic E-state index is 0.0266. The molecule has 1 aliphatic heterocycles. The van der Waals surface area contributed by atoms with Crippen molar-refractivity contribution in [2.24, 2.45) is 0 Å². The van der Waals surface area contributed by atoms with Gasteiger partial charge in [0.25, 0.3) is 10.1 Å². The molecule has 0 fully saturated rings. The molecule has 0 spiro atoms. The fourth-order valence-electron chi connectivity index (χ4n) is 0.534. The fraction of sp³-hybridized carbons (Fsp3) is 0.500. The lowest BCUT2D eigenvalue weighted by atomic mass is 10.5. The largest absolute Gasteiger partial charge is 0.500 e. The van der Waals surface area contributed by atoms with E-state index in [0.717, 1.165) is 0 Å². The average Bonchev–Trinajstić information content (AvgIpc) is 2.08. The molecular formula is C4H6O4S. The van der Waals surface area contributed by atoms with Crippen LogP contribution in [0.3, 0.4) is 0 Å².